The molecule has 1 heterocycles. The molecule has 0 bridgehead atoms. The summed E-state index contributed by atoms with van der Waals surface area (Å²) in [5, 5.41) is 0.296. The third-order valence-electron chi connectivity index (χ3n) is 4.04. The van der Waals surface area contributed by atoms with Crippen molar-refractivity contribution in [3.8, 4) is 0 Å². The Hall–Kier alpha value is -0.100. The predicted octanol–water partition coefficient (Wildman–Crippen LogP) is -0.149. The summed E-state index contributed by atoms with van der Waals surface area (Å²) < 4.78 is 33.8. The second-order valence-corrected chi connectivity index (χ2v) is 7.40. The Balaban J connectivity index is 3.03. The molecule has 9 heteroatoms. The quantitative estimate of drug-likeness (QED) is 0.520. The van der Waals surface area contributed by atoms with Gasteiger partial charge in [-0.05, 0) is 18.6 Å². The molecule has 0 aromatic carbocycles. The van der Waals surface area contributed by atoms with E-state index in [1.165, 1.54) is 7.11 Å². The van der Waals surface area contributed by atoms with Gasteiger partial charge in [-0.1, -0.05) is 12.4 Å². The van der Waals surface area contributed by atoms with Crippen LogP contribution in [0.25, 0.3) is 0 Å². The van der Waals surface area contributed by atoms with Gasteiger partial charge in [0.1, 0.15) is 27.9 Å². The van der Waals surface area contributed by atoms with Crippen molar-refractivity contribution in [2.45, 2.75) is 44.7 Å². The van der Waals surface area contributed by atoms with Crippen LogP contribution < -0.4 is 0 Å². The van der Waals surface area contributed by atoms with Crippen molar-refractivity contribution in [3.05, 3.63) is 10.7 Å². The molecule has 1 aliphatic heterocycles. The van der Waals surface area contributed by atoms with Gasteiger partial charge in [0, 0.05) is 14.2 Å². The number of hydrogen-bond donors (Lipinski definition) is 1. The second-order valence-electron chi connectivity index (χ2n) is 5.32. The first-order valence-electron chi connectivity index (χ1n) is 7.14. The fraction of sp³-hybridized carbons (Fsp3) is 0.833. The third-order valence-corrected chi connectivity index (χ3v) is 5.74. The van der Waals surface area contributed by atoms with Gasteiger partial charge in [-0.3, -0.25) is 4.57 Å². The fourth-order valence-electron chi connectivity index (χ4n) is 2.25. The van der Waals surface area contributed by atoms with Crippen LogP contribution in [0.3, 0.4) is 0 Å². The molecule has 5 atom stereocenters. The highest BCUT2D eigenvalue weighted by Crippen LogP contribution is 2.50. The normalized spacial score (nSPS) is 31.6. The molecule has 1 N–H and O–H groups in total. The van der Waals surface area contributed by atoms with Crippen molar-refractivity contribution in [1.82, 2.24) is 0 Å². The van der Waals surface area contributed by atoms with Crippen molar-refractivity contribution in [2.24, 2.45) is 0 Å². The molecule has 0 aromatic heterocycles. The average Bonchev–Trinajstić information content (AvgIpc) is 2.87. The highest BCUT2D eigenvalue weighted by molar-refractivity contribution is 7.60. The Morgan fingerprint density at radius 2 is 2.10 bits per heavy atom. The van der Waals surface area contributed by atoms with E-state index in [4.69, 9.17) is 18.7 Å². The van der Waals surface area contributed by atoms with Crippen LogP contribution in [0.1, 0.15) is 20.3 Å². The lowest BCUT2D eigenvalue weighted by atomic mass is 9.82. The molecule has 1 rings (SSSR count). The van der Waals surface area contributed by atoms with Gasteiger partial charge in [0.05, 0.1) is 18.8 Å². The van der Waals surface area contributed by atoms with Gasteiger partial charge in [-0.15, -0.1) is 0 Å². The molecule has 1 fully saturated rings. The smallest absolute Gasteiger partial charge is 0.344 e. The number of rotatable bonds is 7. The van der Waals surface area contributed by atoms with Crippen molar-refractivity contribution in [1.29, 1.82) is 0 Å². The van der Waals surface area contributed by atoms with Gasteiger partial charge in [-0.25, -0.2) is 0 Å². The molecule has 21 heavy (non-hydrogen) atoms. The summed E-state index contributed by atoms with van der Waals surface area (Å²) in [6.45, 7) is 4.42. The predicted molar refractivity (Wildman–Crippen MR) is 86.1 cm³/mol. The lowest BCUT2D eigenvalue weighted by molar-refractivity contribution is -0.0734. The van der Waals surface area contributed by atoms with E-state index in [1.54, 1.807) is 22.8 Å². The molecule has 120 valence electrons. The summed E-state index contributed by atoms with van der Waals surface area (Å²) in [6, 6.07) is 0. The molecule has 0 aliphatic carbocycles. The Kier molecular flexibility index (Phi) is 7.17. The maximum absolute atomic E-state index is 12.0. The molecular weight excluding hydrogens is 293 g/mol. The average molecular weight is 318 g/mol. The summed E-state index contributed by atoms with van der Waals surface area (Å²) in [6.07, 6.45) is 0.0508. The molecule has 1 saturated heterocycles. The summed E-state index contributed by atoms with van der Waals surface area (Å²) in [5.41, 5.74) is 0.663. The van der Waals surface area contributed by atoms with Gasteiger partial charge in [0.15, 0.2) is 0 Å². The van der Waals surface area contributed by atoms with E-state index in [2.05, 4.69) is 0 Å². The summed E-state index contributed by atoms with van der Waals surface area (Å²) >= 11 is 0. The first-order chi connectivity index (χ1) is 9.78. The van der Waals surface area contributed by atoms with Gasteiger partial charge < -0.3 is 23.6 Å². The summed E-state index contributed by atoms with van der Waals surface area (Å²) in [4.78, 5) is 9.81. The van der Waals surface area contributed by atoms with Crippen molar-refractivity contribution >= 4 is 23.3 Å². The number of methoxy groups -OCH3 is 1. The monoisotopic (exact) mass is 318 g/mol. The largest absolute Gasteiger partial charge is 0.376 e. The van der Waals surface area contributed by atoms with E-state index < -0.39 is 13.7 Å². The maximum Gasteiger partial charge on any atom is 0.344 e. The van der Waals surface area contributed by atoms with Crippen LogP contribution in [0, 0.1) is 0 Å². The third kappa shape index (κ3) is 4.44. The van der Waals surface area contributed by atoms with Crippen molar-refractivity contribution < 1.29 is 28.2 Å². The zero-order valence-corrected chi connectivity index (χ0v) is 14.6. The Bertz CT molecular complexity index is 430. The van der Waals surface area contributed by atoms with Gasteiger partial charge in [0.2, 0.25) is 0 Å². The van der Waals surface area contributed by atoms with Gasteiger partial charge in [-0.2, -0.15) is 0 Å². The molecule has 6 nitrogen and oxygen atoms in total. The van der Waals surface area contributed by atoms with Crippen LogP contribution in [-0.2, 0) is 23.3 Å². The van der Waals surface area contributed by atoms with Crippen LogP contribution in [0.15, 0.2) is 10.7 Å². The summed E-state index contributed by atoms with van der Waals surface area (Å²) in [5.74, 6) is 0. The van der Waals surface area contributed by atoms with E-state index >= 15 is 0 Å². The lowest BCUT2D eigenvalue weighted by Crippen LogP contribution is -2.38. The van der Waals surface area contributed by atoms with Crippen LogP contribution in [0.2, 0.25) is 0 Å². The first-order valence-corrected chi connectivity index (χ1v) is 8.72. The highest BCUT2D eigenvalue weighted by Gasteiger charge is 2.41. The minimum Gasteiger partial charge on any atom is -0.376 e. The first kappa shape index (κ1) is 18.9. The molecule has 1 aliphatic rings. The molecule has 0 amide bonds. The topological polar surface area (TPSA) is 74.2 Å². The van der Waals surface area contributed by atoms with Crippen LogP contribution in [-0.4, -0.2) is 65.8 Å². The van der Waals surface area contributed by atoms with E-state index in [1.807, 2.05) is 13.8 Å². The zero-order chi connectivity index (χ0) is 16.2. The van der Waals surface area contributed by atoms with Crippen LogP contribution in [0.4, 0.5) is 0 Å². The number of hydrogen-bond acceptors (Lipinski definition) is 5. The molecule has 0 spiro atoms. The number of ether oxygens (including phenoxy) is 3. The molecule has 0 radical (unpaired) electrons. The van der Waals surface area contributed by atoms with Crippen LogP contribution in [0.5, 0.6) is 0 Å². The van der Waals surface area contributed by atoms with E-state index in [0.29, 0.717) is 17.3 Å². The lowest BCUT2D eigenvalue weighted by Gasteiger charge is -2.27. The SMILES string of the molecule is B/C(=C(/B)P(=O)(O)OC)[C@H]1OC[C@H](OC)[C@@H]1OC(C)CC. The highest BCUT2D eigenvalue weighted by atomic mass is 31.2. The van der Waals surface area contributed by atoms with Gasteiger partial charge in [0.25, 0.3) is 0 Å². The Labute approximate surface area is 128 Å². The van der Waals surface area contributed by atoms with Crippen LogP contribution >= 0.6 is 7.60 Å². The Morgan fingerprint density at radius 1 is 1.48 bits per heavy atom. The van der Waals surface area contributed by atoms with Crippen molar-refractivity contribution in [2.75, 3.05) is 20.8 Å². The van der Waals surface area contributed by atoms with Crippen molar-refractivity contribution in [3.63, 3.8) is 0 Å². The minimum atomic E-state index is -3.77. The molecule has 0 saturated carbocycles. The second kappa shape index (κ2) is 7.95. The van der Waals surface area contributed by atoms with E-state index in [9.17, 15) is 9.46 Å². The van der Waals surface area contributed by atoms with Gasteiger partial charge >= 0.3 is 7.60 Å². The maximum atomic E-state index is 12.0. The standard InChI is InChI=1S/C12H25B2O6P/c1-5-7(2)20-10-8(17-3)6-19-11(10)9(13)12(14)21(15,16)18-4/h7-8,10-11H,5-6,13-14H2,1-4H3,(H,15,16)/b12-9-/t7?,8-,10-,11+/m0/s1. The molecular formula is C12H25B2O6P. The minimum absolute atomic E-state index is 0.0633. The molecule has 0 aromatic rings. The van der Waals surface area contributed by atoms with E-state index in [0.717, 1.165) is 6.42 Å². The molecule has 2 unspecified atom stereocenters. The zero-order valence-electron chi connectivity index (χ0n) is 13.7. The summed E-state index contributed by atoms with van der Waals surface area (Å²) in [7, 11) is 2.42. The fourth-order valence-corrected chi connectivity index (χ4v) is 3.09. The Morgan fingerprint density at radius 3 is 2.57 bits per heavy atom. The van der Waals surface area contributed by atoms with E-state index in [-0.39, 0.29) is 18.3 Å².